The van der Waals surface area contributed by atoms with E-state index in [1.165, 1.54) is 0 Å². The zero-order valence-electron chi connectivity index (χ0n) is 9.51. The first-order chi connectivity index (χ1) is 8.27. The molecule has 8 heteroatoms. The van der Waals surface area contributed by atoms with E-state index in [1.807, 2.05) is 0 Å². The summed E-state index contributed by atoms with van der Waals surface area (Å²) in [6.07, 6.45) is 2.10. The van der Waals surface area contributed by atoms with Crippen molar-refractivity contribution < 1.29 is 18.3 Å². The first-order valence-electron chi connectivity index (χ1n) is 4.93. The maximum Gasteiger partial charge on any atom is 0.345 e. The van der Waals surface area contributed by atoms with E-state index in [4.69, 9.17) is 5.11 Å². The number of carbonyl (C=O) groups is 1. The van der Waals surface area contributed by atoms with Gasteiger partial charge >= 0.3 is 5.97 Å². The first-order valence-corrected chi connectivity index (χ1v) is 8.03. The van der Waals surface area contributed by atoms with E-state index in [2.05, 4.69) is 27.2 Å². The monoisotopic (exact) mass is 353 g/mol. The summed E-state index contributed by atoms with van der Waals surface area (Å²) in [7, 11) is -3.72. The molecule has 1 aromatic rings. The Morgan fingerprint density at radius 3 is 2.78 bits per heavy atom. The molecule has 2 N–H and O–H groups in total. The number of hydrogen-bond acceptors (Lipinski definition) is 4. The number of nitrogens with one attached hydrogen (secondary N) is 1. The molecule has 18 heavy (non-hydrogen) atoms. The van der Waals surface area contributed by atoms with E-state index in [0.29, 0.717) is 6.42 Å². The highest BCUT2D eigenvalue weighted by atomic mass is 79.9. The van der Waals surface area contributed by atoms with Gasteiger partial charge in [-0.3, -0.25) is 0 Å². The van der Waals surface area contributed by atoms with Crippen LogP contribution in [-0.2, 0) is 10.0 Å². The fraction of sp³-hybridized carbons (Fsp3) is 0.300. The summed E-state index contributed by atoms with van der Waals surface area (Å²) in [5.74, 6) is -1.15. The second-order valence-corrected chi connectivity index (χ2v) is 7.65. The SMILES string of the molecule is C=CCC(C)NS(=O)(=O)c1cc(C(=O)O)sc1Br. The lowest BCUT2D eigenvalue weighted by Crippen LogP contribution is -2.32. The Bertz CT molecular complexity index is 564. The Morgan fingerprint density at radius 1 is 1.72 bits per heavy atom. The number of carboxylic acids is 1. The Kier molecular flexibility index (Phi) is 5.09. The van der Waals surface area contributed by atoms with Crippen LogP contribution in [0.2, 0.25) is 0 Å². The number of thiophene rings is 1. The molecule has 0 aliphatic heterocycles. The molecule has 0 aromatic carbocycles. The van der Waals surface area contributed by atoms with Crippen LogP contribution in [0, 0.1) is 0 Å². The summed E-state index contributed by atoms with van der Waals surface area (Å²) in [4.78, 5) is 10.7. The minimum Gasteiger partial charge on any atom is -0.477 e. The van der Waals surface area contributed by atoms with Gasteiger partial charge in [-0.1, -0.05) is 6.08 Å². The van der Waals surface area contributed by atoms with Crippen LogP contribution in [0.5, 0.6) is 0 Å². The highest BCUT2D eigenvalue weighted by molar-refractivity contribution is 9.11. The van der Waals surface area contributed by atoms with Crippen molar-refractivity contribution in [3.05, 3.63) is 27.4 Å². The molecule has 0 amide bonds. The summed E-state index contributed by atoms with van der Waals surface area (Å²) in [5, 5.41) is 8.82. The third kappa shape index (κ3) is 3.64. The zero-order chi connectivity index (χ0) is 13.9. The van der Waals surface area contributed by atoms with Crippen LogP contribution in [0.3, 0.4) is 0 Å². The van der Waals surface area contributed by atoms with Crippen molar-refractivity contribution in [3.8, 4) is 0 Å². The minimum atomic E-state index is -3.72. The lowest BCUT2D eigenvalue weighted by atomic mass is 10.3. The molecule has 0 radical (unpaired) electrons. The molecule has 0 fully saturated rings. The first kappa shape index (κ1) is 15.4. The molecule has 0 aliphatic carbocycles. The van der Waals surface area contributed by atoms with Crippen LogP contribution >= 0.6 is 27.3 Å². The van der Waals surface area contributed by atoms with E-state index >= 15 is 0 Å². The van der Waals surface area contributed by atoms with Gasteiger partial charge in [-0.15, -0.1) is 17.9 Å². The maximum atomic E-state index is 12.0. The van der Waals surface area contributed by atoms with Gasteiger partial charge in [0.05, 0.1) is 3.79 Å². The predicted molar refractivity (Wildman–Crippen MR) is 73.6 cm³/mol. The molecule has 1 unspecified atom stereocenters. The number of hydrogen-bond donors (Lipinski definition) is 2. The number of aromatic carboxylic acids is 1. The molecule has 1 rings (SSSR count). The molecule has 1 aromatic heterocycles. The summed E-state index contributed by atoms with van der Waals surface area (Å²) in [6.45, 7) is 5.23. The Labute approximate surface area is 118 Å². The van der Waals surface area contributed by atoms with Gasteiger partial charge in [-0.25, -0.2) is 17.9 Å². The summed E-state index contributed by atoms with van der Waals surface area (Å²) in [6, 6.07) is 0.840. The van der Waals surface area contributed by atoms with Crippen LogP contribution in [0.4, 0.5) is 0 Å². The van der Waals surface area contributed by atoms with E-state index in [9.17, 15) is 13.2 Å². The molecule has 100 valence electrons. The van der Waals surface area contributed by atoms with Crippen LogP contribution in [0.1, 0.15) is 23.0 Å². The molecule has 0 bridgehead atoms. The maximum absolute atomic E-state index is 12.0. The Balaban J connectivity index is 3.05. The second-order valence-electron chi connectivity index (χ2n) is 3.60. The highest BCUT2D eigenvalue weighted by Gasteiger charge is 2.24. The summed E-state index contributed by atoms with van der Waals surface area (Å²) in [5.41, 5.74) is 0. The van der Waals surface area contributed by atoms with Gasteiger partial charge in [-0.2, -0.15) is 0 Å². The van der Waals surface area contributed by atoms with Gasteiger partial charge in [0.15, 0.2) is 0 Å². The largest absolute Gasteiger partial charge is 0.477 e. The van der Waals surface area contributed by atoms with E-state index < -0.39 is 16.0 Å². The highest BCUT2D eigenvalue weighted by Crippen LogP contribution is 2.31. The van der Waals surface area contributed by atoms with Gasteiger partial charge in [-0.05, 0) is 35.3 Å². The molecule has 5 nitrogen and oxygen atoms in total. The number of sulfonamides is 1. The molecule has 0 saturated carbocycles. The molecular formula is C10H12BrNO4S2. The van der Waals surface area contributed by atoms with E-state index in [-0.39, 0.29) is 19.6 Å². The standard InChI is InChI=1S/C10H12BrNO4S2/c1-3-4-6(2)12-18(15,16)8-5-7(10(13)14)17-9(8)11/h3,5-6,12H,1,4H2,2H3,(H,13,14). The van der Waals surface area contributed by atoms with Crippen molar-refractivity contribution in [2.45, 2.75) is 24.3 Å². The van der Waals surface area contributed by atoms with Crippen molar-refractivity contribution in [1.29, 1.82) is 0 Å². The van der Waals surface area contributed by atoms with Gasteiger partial charge < -0.3 is 5.11 Å². The van der Waals surface area contributed by atoms with Gasteiger partial charge in [0, 0.05) is 6.04 Å². The minimum absolute atomic E-state index is 0.0291. The molecular weight excluding hydrogens is 342 g/mol. The average molecular weight is 354 g/mol. The molecule has 0 aliphatic rings. The van der Waals surface area contributed by atoms with Crippen molar-refractivity contribution in [3.63, 3.8) is 0 Å². The Hall–Kier alpha value is -0.700. The van der Waals surface area contributed by atoms with Gasteiger partial charge in [0.2, 0.25) is 10.0 Å². The number of rotatable bonds is 6. The van der Waals surface area contributed by atoms with Gasteiger partial charge in [0.25, 0.3) is 0 Å². The fourth-order valence-corrected chi connectivity index (χ4v) is 4.93. The third-order valence-corrected chi connectivity index (χ3v) is 5.86. The normalized spacial score (nSPS) is 13.2. The topological polar surface area (TPSA) is 83.5 Å². The predicted octanol–water partition coefficient (Wildman–Crippen LogP) is 2.45. The average Bonchev–Trinajstić information content (AvgIpc) is 2.60. The Morgan fingerprint density at radius 2 is 2.33 bits per heavy atom. The molecule has 0 saturated heterocycles. The molecule has 0 spiro atoms. The second kappa shape index (κ2) is 5.96. The summed E-state index contributed by atoms with van der Waals surface area (Å²) < 4.78 is 26.8. The number of carboxylic acid groups (broad SMARTS) is 1. The van der Waals surface area contributed by atoms with Crippen molar-refractivity contribution in [1.82, 2.24) is 4.72 Å². The third-order valence-electron chi connectivity index (χ3n) is 2.03. The van der Waals surface area contributed by atoms with Crippen molar-refractivity contribution >= 4 is 43.3 Å². The molecule has 1 heterocycles. The van der Waals surface area contributed by atoms with E-state index in [1.54, 1.807) is 13.0 Å². The molecule has 1 atom stereocenters. The van der Waals surface area contributed by atoms with Gasteiger partial charge in [0.1, 0.15) is 9.77 Å². The quantitative estimate of drug-likeness (QED) is 0.769. The fourth-order valence-electron chi connectivity index (χ4n) is 1.27. The zero-order valence-corrected chi connectivity index (χ0v) is 12.7. The summed E-state index contributed by atoms with van der Waals surface area (Å²) >= 11 is 3.93. The van der Waals surface area contributed by atoms with Crippen LogP contribution < -0.4 is 4.72 Å². The smallest absolute Gasteiger partial charge is 0.345 e. The van der Waals surface area contributed by atoms with Crippen molar-refractivity contribution in [2.75, 3.05) is 0 Å². The lowest BCUT2D eigenvalue weighted by molar-refractivity contribution is 0.0702. The van der Waals surface area contributed by atoms with Crippen LogP contribution in [-0.4, -0.2) is 25.5 Å². The number of halogens is 1. The lowest BCUT2D eigenvalue weighted by Gasteiger charge is -2.11. The van der Waals surface area contributed by atoms with E-state index in [0.717, 1.165) is 17.4 Å². The van der Waals surface area contributed by atoms with Crippen LogP contribution in [0.25, 0.3) is 0 Å². The van der Waals surface area contributed by atoms with Crippen molar-refractivity contribution in [2.24, 2.45) is 0 Å². The van der Waals surface area contributed by atoms with Crippen LogP contribution in [0.15, 0.2) is 27.4 Å².